The SMILES string of the molecule is CO[C@H]1/C=C/O[C@@]2(C)Oc3c(C)c(O)c4c(c3C2=O)C(=O)C(/C=N\N=C\N2CCCCC2)=C(NC(=O)/C(C)=C\C=C\[C@H](C)[C@H](O)[C@@H](C)[C@@H](O)[C@@H](C)[C@H](OC(C)=O)[C@@H]1C)C4=O. The first-order chi connectivity index (χ1) is 28.3. The summed E-state index contributed by atoms with van der Waals surface area (Å²) in [5, 5.41) is 45.0. The second-order valence-electron chi connectivity index (χ2n) is 16.2. The number of aliphatic hydroxyl groups is 2. The number of methoxy groups -OCH3 is 1. The number of carbonyl (C=O) groups excluding carboxylic acids is 5. The minimum Gasteiger partial charge on any atom is -0.507 e. The lowest BCUT2D eigenvalue weighted by Crippen LogP contribution is -2.46. The first-order valence-electron chi connectivity index (χ1n) is 20.2. The molecule has 4 aliphatic heterocycles. The van der Waals surface area contributed by atoms with Crippen LogP contribution in [-0.2, 0) is 23.8 Å². The summed E-state index contributed by atoms with van der Waals surface area (Å²) in [4.78, 5) is 71.3. The number of nitrogens with zero attached hydrogens (tertiary/aromatic N) is 3. The van der Waals surface area contributed by atoms with Crippen LogP contribution in [0.15, 0.2) is 57.6 Å². The summed E-state index contributed by atoms with van der Waals surface area (Å²) >= 11 is 0. The van der Waals surface area contributed by atoms with Gasteiger partial charge in [-0.3, -0.25) is 24.0 Å². The van der Waals surface area contributed by atoms with E-state index in [0.717, 1.165) is 44.8 Å². The van der Waals surface area contributed by atoms with Crippen LogP contribution in [0.1, 0.15) is 104 Å². The number of rotatable bonds is 5. The predicted molar refractivity (Wildman–Crippen MR) is 221 cm³/mol. The first-order valence-corrected chi connectivity index (χ1v) is 20.2. The number of carbonyl (C=O) groups is 5. The van der Waals surface area contributed by atoms with Crippen molar-refractivity contribution in [1.82, 2.24) is 10.2 Å². The molecule has 1 saturated heterocycles. The van der Waals surface area contributed by atoms with Crippen molar-refractivity contribution in [3.8, 4) is 11.5 Å². The molecule has 9 atom stereocenters. The molecule has 1 aliphatic carbocycles. The predicted octanol–water partition coefficient (Wildman–Crippen LogP) is 4.50. The molecule has 0 aromatic heterocycles. The van der Waals surface area contributed by atoms with Crippen molar-refractivity contribution in [2.45, 2.75) is 105 Å². The number of benzene rings is 1. The van der Waals surface area contributed by atoms with Gasteiger partial charge in [0.2, 0.25) is 5.78 Å². The molecule has 16 heteroatoms. The number of hydrogen-bond acceptors (Lipinski definition) is 14. The van der Waals surface area contributed by atoms with Gasteiger partial charge in [0.1, 0.15) is 29.6 Å². The molecule has 5 bridgehead atoms. The van der Waals surface area contributed by atoms with Gasteiger partial charge in [-0.1, -0.05) is 45.9 Å². The van der Waals surface area contributed by atoms with E-state index in [9.17, 15) is 39.3 Å². The molecule has 0 saturated carbocycles. The smallest absolute Gasteiger partial charge is 0.312 e. The van der Waals surface area contributed by atoms with Crippen LogP contribution in [0.5, 0.6) is 11.5 Å². The van der Waals surface area contributed by atoms with Crippen molar-refractivity contribution >= 4 is 41.8 Å². The minimum absolute atomic E-state index is 0.0269. The third-order valence-electron chi connectivity index (χ3n) is 11.9. The number of piperidine rings is 1. The molecule has 1 aromatic rings. The van der Waals surface area contributed by atoms with E-state index in [1.165, 1.54) is 53.3 Å². The zero-order chi connectivity index (χ0) is 44.2. The Hall–Kier alpha value is -5.45. The quantitative estimate of drug-likeness (QED) is 0.139. The van der Waals surface area contributed by atoms with Crippen molar-refractivity contribution in [2.24, 2.45) is 33.9 Å². The molecule has 1 fully saturated rings. The van der Waals surface area contributed by atoms with Crippen molar-refractivity contribution in [1.29, 1.82) is 0 Å². The van der Waals surface area contributed by atoms with E-state index in [0.29, 0.717) is 0 Å². The number of aromatic hydroxyl groups is 1. The molecule has 1 aromatic carbocycles. The van der Waals surface area contributed by atoms with Gasteiger partial charge in [-0.2, -0.15) is 5.10 Å². The molecular formula is C44H56N4O12. The van der Waals surface area contributed by atoms with Crippen LogP contribution in [-0.4, -0.2) is 112 Å². The molecule has 1 amide bonds. The van der Waals surface area contributed by atoms with Crippen molar-refractivity contribution in [3.05, 3.63) is 69.7 Å². The number of phenolic OH excluding ortho intramolecular Hbond substituents is 1. The molecule has 0 spiro atoms. The van der Waals surface area contributed by atoms with Gasteiger partial charge < -0.3 is 44.5 Å². The lowest BCUT2D eigenvalue weighted by atomic mass is 9.78. The summed E-state index contributed by atoms with van der Waals surface area (Å²) in [5.41, 5.74) is -2.07. The third kappa shape index (κ3) is 9.15. The number of ketones is 3. The van der Waals surface area contributed by atoms with E-state index in [1.54, 1.807) is 39.8 Å². The number of phenols is 1. The Kier molecular flexibility index (Phi) is 14.3. The van der Waals surface area contributed by atoms with Gasteiger partial charge in [-0.15, -0.1) is 5.10 Å². The number of hydrogen-bond donors (Lipinski definition) is 4. The van der Waals surface area contributed by atoms with E-state index in [2.05, 4.69) is 15.5 Å². The molecule has 324 valence electrons. The number of nitrogens with one attached hydrogen (secondary N) is 1. The number of fused-ring (bicyclic) bond motifs is 14. The average Bonchev–Trinajstić information content (AvgIpc) is 3.48. The van der Waals surface area contributed by atoms with E-state index in [1.807, 2.05) is 4.90 Å². The molecule has 5 aliphatic rings. The highest BCUT2D eigenvalue weighted by Crippen LogP contribution is 2.48. The summed E-state index contributed by atoms with van der Waals surface area (Å²) in [6.07, 6.45) is 8.90. The third-order valence-corrected chi connectivity index (χ3v) is 11.9. The standard InChI is InChI=1S/C44H56N4O12/c1-22-14-13-15-23(2)43(56)47-34-29(20-45-46-21-48-17-11-10-12-18-48)38(53)31-32(39(34)54)37(52)27(6)41-33(31)42(55)44(8,60-41)58-19-16-30(57-9)24(3)40(59-28(7)49)26(5)36(51)25(4)35(22)50/h13-16,19-22,24-26,30,35-36,40,50-52H,10-12,17-18H2,1-9H3,(H,47,56)/b14-13+,19-16+,23-15-,45-20-,46-21+/t22-,24+,25+,26+,30-,35-,36+,40+,44-/m0/s1. The van der Waals surface area contributed by atoms with Crippen molar-refractivity contribution in [3.63, 3.8) is 0 Å². The molecule has 0 unspecified atom stereocenters. The Morgan fingerprint density at radius 3 is 2.27 bits per heavy atom. The van der Waals surface area contributed by atoms with E-state index in [4.69, 9.17) is 18.9 Å². The molecule has 0 radical (unpaired) electrons. The number of Topliss-reactive ketones (excluding diaryl/α,β-unsaturated/α-hetero) is 3. The second-order valence-corrected chi connectivity index (χ2v) is 16.2. The monoisotopic (exact) mass is 832 g/mol. The maximum absolute atomic E-state index is 14.6. The topological polar surface area (TPSA) is 223 Å². The number of allylic oxidation sites excluding steroid dienone is 4. The summed E-state index contributed by atoms with van der Waals surface area (Å²) in [7, 11) is 1.42. The van der Waals surface area contributed by atoms with Crippen LogP contribution in [0.25, 0.3) is 0 Å². The lowest BCUT2D eigenvalue weighted by molar-refractivity contribution is -0.160. The van der Waals surface area contributed by atoms with Gasteiger partial charge in [-0.25, -0.2) is 0 Å². The summed E-state index contributed by atoms with van der Waals surface area (Å²) in [5.74, 6) is -9.56. The van der Waals surface area contributed by atoms with Gasteiger partial charge in [0, 0.05) is 68.9 Å². The Balaban J connectivity index is 1.65. The fourth-order valence-electron chi connectivity index (χ4n) is 8.07. The van der Waals surface area contributed by atoms with Gasteiger partial charge in [0.25, 0.3) is 11.7 Å². The Bertz CT molecular complexity index is 2080. The van der Waals surface area contributed by atoms with Crippen LogP contribution in [0.4, 0.5) is 0 Å². The van der Waals surface area contributed by atoms with Crippen LogP contribution in [0.2, 0.25) is 0 Å². The van der Waals surface area contributed by atoms with Crippen LogP contribution in [0.3, 0.4) is 0 Å². The molecule has 4 N–H and O–H groups in total. The van der Waals surface area contributed by atoms with Gasteiger partial charge in [0.05, 0.1) is 53.1 Å². The molecule has 6 rings (SSSR count). The minimum atomic E-state index is -2.11. The highest BCUT2D eigenvalue weighted by molar-refractivity contribution is 6.37. The largest absolute Gasteiger partial charge is 0.507 e. The van der Waals surface area contributed by atoms with Crippen LogP contribution < -0.4 is 10.1 Å². The number of ether oxygens (including phenoxy) is 4. The van der Waals surface area contributed by atoms with E-state index in [-0.39, 0.29) is 28.0 Å². The van der Waals surface area contributed by atoms with Gasteiger partial charge >= 0.3 is 11.8 Å². The Morgan fingerprint density at radius 1 is 0.933 bits per heavy atom. The fraction of sp³-hybridized carbons (Fsp3) is 0.523. The van der Waals surface area contributed by atoms with Crippen LogP contribution in [0, 0.1) is 30.6 Å². The highest BCUT2D eigenvalue weighted by atomic mass is 16.7. The molecular weight excluding hydrogens is 776 g/mol. The summed E-state index contributed by atoms with van der Waals surface area (Å²) in [6, 6.07) is 0. The summed E-state index contributed by atoms with van der Waals surface area (Å²) in [6.45, 7) is 13.8. The maximum Gasteiger partial charge on any atom is 0.312 e. The normalized spacial score (nSPS) is 32.7. The van der Waals surface area contributed by atoms with Crippen molar-refractivity contribution in [2.75, 3.05) is 20.2 Å². The molecule has 16 nitrogen and oxygen atoms in total. The maximum atomic E-state index is 14.6. The van der Waals surface area contributed by atoms with E-state index >= 15 is 0 Å². The zero-order valence-electron chi connectivity index (χ0n) is 35.6. The zero-order valence-corrected chi connectivity index (χ0v) is 35.6. The number of esters is 1. The van der Waals surface area contributed by atoms with Crippen molar-refractivity contribution < 1.29 is 58.2 Å². The first kappa shape index (κ1) is 45.6. The van der Waals surface area contributed by atoms with E-state index < -0.39 is 106 Å². The number of likely N-dealkylation sites (tertiary alicyclic amines) is 1. The number of amides is 1. The van der Waals surface area contributed by atoms with Gasteiger partial charge in [0.15, 0.2) is 5.78 Å². The van der Waals surface area contributed by atoms with Gasteiger partial charge in [-0.05, 0) is 39.2 Å². The average molecular weight is 833 g/mol. The second kappa shape index (κ2) is 18.9. The number of aliphatic hydroxyl groups excluding tert-OH is 2. The molecule has 60 heavy (non-hydrogen) atoms. The fourth-order valence-corrected chi connectivity index (χ4v) is 8.07. The summed E-state index contributed by atoms with van der Waals surface area (Å²) < 4.78 is 23.5. The van der Waals surface area contributed by atoms with Crippen LogP contribution >= 0.6 is 0 Å². The lowest BCUT2D eigenvalue weighted by Gasteiger charge is -2.38. The highest BCUT2D eigenvalue weighted by Gasteiger charge is 2.52. The molecule has 4 heterocycles. The Morgan fingerprint density at radius 2 is 1.62 bits per heavy atom. The Labute approximate surface area is 349 Å².